The summed E-state index contributed by atoms with van der Waals surface area (Å²) in [4.78, 5) is 11.3. The number of para-hydroxylation sites is 1. The largest absolute Gasteiger partial charge is 0.482 e. The SMILES string of the molecule is CC(C)N(c1ccccc1)S(=O)(=O)c1cc2c(cc1Cl)NC(=O)CO2. The quantitative estimate of drug-likeness (QED) is 0.883. The van der Waals surface area contributed by atoms with Gasteiger partial charge in [0, 0.05) is 12.1 Å². The highest BCUT2D eigenvalue weighted by Crippen LogP contribution is 2.38. The van der Waals surface area contributed by atoms with Gasteiger partial charge in [0.05, 0.1) is 16.4 Å². The number of halogens is 1. The summed E-state index contributed by atoms with van der Waals surface area (Å²) >= 11 is 6.22. The van der Waals surface area contributed by atoms with Gasteiger partial charge in [-0.1, -0.05) is 29.8 Å². The third-order valence-corrected chi connectivity index (χ3v) is 6.15. The van der Waals surface area contributed by atoms with E-state index in [1.807, 2.05) is 6.07 Å². The molecule has 1 N–H and O–H groups in total. The van der Waals surface area contributed by atoms with Crippen LogP contribution in [0.3, 0.4) is 0 Å². The van der Waals surface area contributed by atoms with Crippen molar-refractivity contribution in [2.24, 2.45) is 0 Å². The molecule has 0 atom stereocenters. The van der Waals surface area contributed by atoms with Crippen molar-refractivity contribution in [1.29, 1.82) is 0 Å². The van der Waals surface area contributed by atoms with Gasteiger partial charge >= 0.3 is 0 Å². The molecule has 25 heavy (non-hydrogen) atoms. The van der Waals surface area contributed by atoms with Gasteiger partial charge < -0.3 is 10.1 Å². The van der Waals surface area contributed by atoms with Crippen LogP contribution in [0.2, 0.25) is 5.02 Å². The maximum Gasteiger partial charge on any atom is 0.266 e. The summed E-state index contributed by atoms with van der Waals surface area (Å²) in [6.45, 7) is 3.40. The van der Waals surface area contributed by atoms with E-state index in [-0.39, 0.29) is 34.2 Å². The number of hydrogen-bond donors (Lipinski definition) is 1. The van der Waals surface area contributed by atoms with E-state index in [4.69, 9.17) is 16.3 Å². The van der Waals surface area contributed by atoms with Crippen LogP contribution < -0.4 is 14.4 Å². The molecule has 0 radical (unpaired) electrons. The maximum absolute atomic E-state index is 13.2. The Labute approximate surface area is 151 Å². The van der Waals surface area contributed by atoms with Gasteiger partial charge in [-0.25, -0.2) is 8.42 Å². The highest BCUT2D eigenvalue weighted by molar-refractivity contribution is 7.93. The van der Waals surface area contributed by atoms with Gasteiger partial charge in [-0.15, -0.1) is 0 Å². The fourth-order valence-corrected chi connectivity index (χ4v) is 4.86. The van der Waals surface area contributed by atoms with Crippen LogP contribution in [0.5, 0.6) is 5.75 Å². The first-order valence-corrected chi connectivity index (χ1v) is 9.48. The van der Waals surface area contributed by atoms with Crippen molar-refractivity contribution in [2.75, 3.05) is 16.2 Å². The molecule has 0 unspecified atom stereocenters. The van der Waals surface area contributed by atoms with E-state index in [1.54, 1.807) is 38.1 Å². The van der Waals surface area contributed by atoms with Crippen molar-refractivity contribution in [3.05, 3.63) is 47.5 Å². The lowest BCUT2D eigenvalue weighted by molar-refractivity contribution is -0.118. The smallest absolute Gasteiger partial charge is 0.266 e. The van der Waals surface area contributed by atoms with Crippen LogP contribution in [0.25, 0.3) is 0 Å². The lowest BCUT2D eigenvalue weighted by atomic mass is 10.2. The molecule has 0 spiro atoms. The Morgan fingerprint density at radius 2 is 1.88 bits per heavy atom. The average molecular weight is 381 g/mol. The number of rotatable bonds is 4. The minimum Gasteiger partial charge on any atom is -0.482 e. The first kappa shape index (κ1) is 17.6. The van der Waals surface area contributed by atoms with Crippen molar-refractivity contribution in [2.45, 2.75) is 24.8 Å². The summed E-state index contributed by atoms with van der Waals surface area (Å²) in [5.74, 6) is -0.0355. The number of amides is 1. The monoisotopic (exact) mass is 380 g/mol. The van der Waals surface area contributed by atoms with E-state index in [2.05, 4.69) is 5.32 Å². The Hall–Kier alpha value is -2.25. The third-order valence-electron chi connectivity index (χ3n) is 3.68. The minimum atomic E-state index is -3.92. The summed E-state index contributed by atoms with van der Waals surface area (Å²) in [5.41, 5.74) is 0.900. The molecule has 0 saturated carbocycles. The molecular weight excluding hydrogens is 364 g/mol. The van der Waals surface area contributed by atoms with Crippen molar-refractivity contribution < 1.29 is 17.9 Å². The van der Waals surface area contributed by atoms with E-state index in [0.717, 1.165) is 0 Å². The molecule has 0 aromatic heterocycles. The van der Waals surface area contributed by atoms with Crippen LogP contribution in [-0.2, 0) is 14.8 Å². The van der Waals surface area contributed by atoms with Gasteiger partial charge in [-0.05, 0) is 32.0 Å². The summed E-state index contributed by atoms with van der Waals surface area (Å²) in [6, 6.07) is 11.2. The molecule has 1 amide bonds. The second-order valence-electron chi connectivity index (χ2n) is 5.85. The number of carbonyl (C=O) groups excluding carboxylic acids is 1. The van der Waals surface area contributed by atoms with Crippen molar-refractivity contribution in [3.63, 3.8) is 0 Å². The van der Waals surface area contributed by atoms with Crippen LogP contribution in [0.1, 0.15) is 13.8 Å². The maximum atomic E-state index is 13.2. The Bertz CT molecular complexity index is 914. The molecule has 3 rings (SSSR count). The first-order valence-electron chi connectivity index (χ1n) is 7.66. The van der Waals surface area contributed by atoms with Gasteiger partial charge in [0.15, 0.2) is 6.61 Å². The summed E-state index contributed by atoms with van der Waals surface area (Å²) < 4.78 is 33.1. The molecule has 0 saturated heterocycles. The van der Waals surface area contributed by atoms with Crippen molar-refractivity contribution >= 4 is 38.9 Å². The van der Waals surface area contributed by atoms with Gasteiger partial charge in [0.1, 0.15) is 10.6 Å². The Morgan fingerprint density at radius 3 is 2.52 bits per heavy atom. The molecule has 1 aliphatic rings. The van der Waals surface area contributed by atoms with E-state index in [0.29, 0.717) is 11.4 Å². The molecule has 8 heteroatoms. The number of benzene rings is 2. The molecule has 2 aromatic carbocycles. The molecule has 0 aliphatic carbocycles. The normalized spacial score (nSPS) is 13.8. The molecular formula is C17H17ClN2O4S. The third kappa shape index (κ3) is 3.29. The van der Waals surface area contributed by atoms with Gasteiger partial charge in [-0.2, -0.15) is 0 Å². The zero-order chi connectivity index (χ0) is 18.2. The Kier molecular flexibility index (Phi) is 4.62. The first-order chi connectivity index (χ1) is 11.8. The fraction of sp³-hybridized carbons (Fsp3) is 0.235. The summed E-state index contributed by atoms with van der Waals surface area (Å²) in [5, 5.41) is 2.63. The zero-order valence-corrected chi connectivity index (χ0v) is 15.3. The molecule has 2 aromatic rings. The van der Waals surface area contributed by atoms with Crippen LogP contribution in [-0.4, -0.2) is 27.0 Å². The second-order valence-corrected chi connectivity index (χ2v) is 8.04. The van der Waals surface area contributed by atoms with Gasteiger partial charge in [-0.3, -0.25) is 9.10 Å². The van der Waals surface area contributed by atoms with Crippen LogP contribution in [0.15, 0.2) is 47.4 Å². The van der Waals surface area contributed by atoms with Gasteiger partial charge in [0.25, 0.3) is 15.9 Å². The highest BCUT2D eigenvalue weighted by Gasteiger charge is 2.31. The number of nitrogens with one attached hydrogen (secondary N) is 1. The number of carbonyl (C=O) groups is 1. The zero-order valence-electron chi connectivity index (χ0n) is 13.7. The predicted molar refractivity (Wildman–Crippen MR) is 96.8 cm³/mol. The van der Waals surface area contributed by atoms with E-state index in [9.17, 15) is 13.2 Å². The van der Waals surface area contributed by atoms with Crippen LogP contribution in [0, 0.1) is 0 Å². The second kappa shape index (κ2) is 6.57. The molecule has 0 bridgehead atoms. The lowest BCUT2D eigenvalue weighted by Crippen LogP contribution is -2.37. The molecule has 0 fully saturated rings. The number of anilines is 2. The van der Waals surface area contributed by atoms with Crippen molar-refractivity contribution in [1.82, 2.24) is 0 Å². The molecule has 6 nitrogen and oxygen atoms in total. The standard InChI is InChI=1S/C17H17ClN2O4S/c1-11(2)20(12-6-4-3-5-7-12)25(22,23)16-9-15-14(8-13(16)18)19-17(21)10-24-15/h3-9,11H,10H2,1-2H3,(H,19,21). The average Bonchev–Trinajstić information content (AvgIpc) is 2.54. The Balaban J connectivity index is 2.12. The van der Waals surface area contributed by atoms with Gasteiger partial charge in [0.2, 0.25) is 0 Å². The van der Waals surface area contributed by atoms with E-state index in [1.165, 1.54) is 16.4 Å². The van der Waals surface area contributed by atoms with E-state index >= 15 is 0 Å². The number of fused-ring (bicyclic) bond motifs is 1. The van der Waals surface area contributed by atoms with E-state index < -0.39 is 10.0 Å². The lowest BCUT2D eigenvalue weighted by Gasteiger charge is -2.29. The fourth-order valence-electron chi connectivity index (χ4n) is 2.67. The molecule has 1 aliphatic heterocycles. The minimum absolute atomic E-state index is 0.0196. The highest BCUT2D eigenvalue weighted by atomic mass is 35.5. The number of sulfonamides is 1. The topological polar surface area (TPSA) is 75.7 Å². The summed E-state index contributed by atoms with van der Waals surface area (Å²) in [7, 11) is -3.92. The van der Waals surface area contributed by atoms with Crippen LogP contribution >= 0.6 is 11.6 Å². The number of ether oxygens (including phenoxy) is 1. The molecule has 1 heterocycles. The van der Waals surface area contributed by atoms with Crippen molar-refractivity contribution in [3.8, 4) is 5.75 Å². The number of nitrogens with zero attached hydrogens (tertiary/aromatic N) is 1. The summed E-state index contributed by atoms with van der Waals surface area (Å²) in [6.07, 6.45) is 0. The Morgan fingerprint density at radius 1 is 1.20 bits per heavy atom. The predicted octanol–water partition coefficient (Wildman–Crippen LogP) is 3.27. The molecule has 132 valence electrons. The van der Waals surface area contributed by atoms with Crippen LogP contribution in [0.4, 0.5) is 11.4 Å². The number of hydrogen-bond acceptors (Lipinski definition) is 4.